The predicted octanol–water partition coefficient (Wildman–Crippen LogP) is 6.62. The molecule has 3 aliphatic carbocycles. The van der Waals surface area contributed by atoms with Crippen molar-refractivity contribution in [2.24, 2.45) is 11.3 Å². The van der Waals surface area contributed by atoms with Gasteiger partial charge in [0.1, 0.15) is 22.7 Å². The maximum Gasteiger partial charge on any atom is 0.405 e. The van der Waals surface area contributed by atoms with Crippen LogP contribution in [0.3, 0.4) is 0 Å². The highest BCUT2D eigenvalue weighted by Gasteiger charge is 2.62. The molecule has 3 fully saturated rings. The molecule has 214 valence electrons. The number of carbonyl (C=O) groups is 2. The lowest BCUT2D eigenvalue weighted by atomic mass is 9.66. The van der Waals surface area contributed by atoms with E-state index in [2.05, 4.69) is 21.8 Å². The molecule has 0 spiro atoms. The van der Waals surface area contributed by atoms with Crippen molar-refractivity contribution in [1.29, 1.82) is 0 Å². The summed E-state index contributed by atoms with van der Waals surface area (Å²) in [5.74, 6) is 4.13. The molecule has 0 atom stereocenters. The molecule has 3 aliphatic rings. The zero-order valence-corrected chi connectivity index (χ0v) is 23.1. The van der Waals surface area contributed by atoms with Crippen LogP contribution < -0.4 is 9.64 Å². The summed E-state index contributed by atoms with van der Waals surface area (Å²) in [6, 6.07) is 3.23. The number of carboxylic acid groups (broad SMARTS) is 1. The summed E-state index contributed by atoms with van der Waals surface area (Å²) < 4.78 is 46.3. The molecule has 0 bridgehead atoms. The summed E-state index contributed by atoms with van der Waals surface area (Å²) in [7, 11) is 0. The molecule has 1 amide bonds. The van der Waals surface area contributed by atoms with E-state index >= 15 is 0 Å². The van der Waals surface area contributed by atoms with Crippen LogP contribution >= 0.6 is 11.3 Å². The molecule has 5 rings (SSSR count). The largest absolute Gasteiger partial charge is 0.477 e. The zero-order chi connectivity index (χ0) is 28.5. The second kappa shape index (κ2) is 11.0. The fourth-order valence-corrected chi connectivity index (χ4v) is 7.32. The van der Waals surface area contributed by atoms with E-state index < -0.39 is 23.1 Å². The molecular formula is C29H32F3N3O4S. The van der Waals surface area contributed by atoms with Gasteiger partial charge in [0.25, 0.3) is 0 Å². The predicted molar refractivity (Wildman–Crippen MR) is 143 cm³/mol. The van der Waals surface area contributed by atoms with Gasteiger partial charge in [-0.2, -0.15) is 13.2 Å². The SMILES string of the molecule is CC(=O)N(c1cc(C#CC2(C(F)(F)F)CC2)sc1C(=O)O)C1(C2CCC(Oc3ccncn3)CC2)CCCCC1. The number of rotatable bonds is 6. The van der Waals surface area contributed by atoms with Crippen molar-refractivity contribution in [3.8, 4) is 17.7 Å². The van der Waals surface area contributed by atoms with Crippen LogP contribution in [0, 0.1) is 23.2 Å². The van der Waals surface area contributed by atoms with Gasteiger partial charge >= 0.3 is 12.1 Å². The van der Waals surface area contributed by atoms with Crippen LogP contribution in [0.25, 0.3) is 0 Å². The number of aromatic carboxylic acids is 1. The van der Waals surface area contributed by atoms with Gasteiger partial charge < -0.3 is 14.7 Å². The van der Waals surface area contributed by atoms with Gasteiger partial charge in [-0.3, -0.25) is 4.79 Å². The smallest absolute Gasteiger partial charge is 0.405 e. The average molecular weight is 576 g/mol. The molecule has 0 aliphatic heterocycles. The highest BCUT2D eigenvalue weighted by atomic mass is 32.1. The van der Waals surface area contributed by atoms with E-state index in [0.717, 1.165) is 69.1 Å². The van der Waals surface area contributed by atoms with Gasteiger partial charge in [-0.15, -0.1) is 11.3 Å². The van der Waals surface area contributed by atoms with E-state index in [1.165, 1.54) is 19.3 Å². The lowest BCUT2D eigenvalue weighted by Gasteiger charge is -2.52. The van der Waals surface area contributed by atoms with Crippen LogP contribution in [-0.4, -0.2) is 44.8 Å². The fourth-order valence-electron chi connectivity index (χ4n) is 6.49. The zero-order valence-electron chi connectivity index (χ0n) is 22.3. The number of halogens is 3. The number of carbonyl (C=O) groups excluding carboxylic acids is 1. The van der Waals surface area contributed by atoms with Crippen LogP contribution in [0.1, 0.15) is 92.1 Å². The number of hydrogen-bond donors (Lipinski definition) is 1. The number of aromatic nitrogens is 2. The van der Waals surface area contributed by atoms with Crippen molar-refractivity contribution in [1.82, 2.24) is 9.97 Å². The second-order valence-corrected chi connectivity index (χ2v) is 12.2. The normalized spacial score (nSPS) is 23.4. The Hall–Kier alpha value is -3.13. The molecule has 2 aromatic rings. The molecule has 1 N–H and O–H groups in total. The van der Waals surface area contributed by atoms with E-state index in [4.69, 9.17) is 4.74 Å². The maximum absolute atomic E-state index is 13.4. The quantitative estimate of drug-likeness (QED) is 0.389. The van der Waals surface area contributed by atoms with Crippen LogP contribution in [0.4, 0.5) is 18.9 Å². The van der Waals surface area contributed by atoms with Gasteiger partial charge in [0.05, 0.1) is 16.1 Å². The van der Waals surface area contributed by atoms with Crippen LogP contribution in [0.2, 0.25) is 0 Å². The molecule has 3 saturated carbocycles. The van der Waals surface area contributed by atoms with E-state index in [1.807, 2.05) is 0 Å². The summed E-state index contributed by atoms with van der Waals surface area (Å²) in [6.07, 6.45) is 5.99. The molecule has 40 heavy (non-hydrogen) atoms. The van der Waals surface area contributed by atoms with E-state index in [0.29, 0.717) is 5.88 Å². The van der Waals surface area contributed by atoms with Crippen molar-refractivity contribution in [2.45, 2.75) is 95.4 Å². The lowest BCUT2D eigenvalue weighted by molar-refractivity contribution is -0.168. The van der Waals surface area contributed by atoms with Crippen molar-refractivity contribution < 1.29 is 32.6 Å². The minimum absolute atomic E-state index is 0.0152. The average Bonchev–Trinajstić information content (AvgIpc) is 3.62. The molecular weight excluding hydrogens is 543 g/mol. The second-order valence-electron chi connectivity index (χ2n) is 11.1. The van der Waals surface area contributed by atoms with Gasteiger partial charge in [-0.05, 0) is 63.4 Å². The molecule has 0 radical (unpaired) electrons. The number of alkyl halides is 3. The first-order valence-corrected chi connectivity index (χ1v) is 14.6. The van der Waals surface area contributed by atoms with E-state index in [1.54, 1.807) is 17.2 Å². The third-order valence-electron chi connectivity index (χ3n) is 8.62. The summed E-state index contributed by atoms with van der Waals surface area (Å²) >= 11 is 0.837. The number of hydrogen-bond acceptors (Lipinski definition) is 6. The summed E-state index contributed by atoms with van der Waals surface area (Å²) in [5.41, 5.74) is -2.35. The molecule has 7 nitrogen and oxygen atoms in total. The van der Waals surface area contributed by atoms with Gasteiger partial charge in [0.15, 0.2) is 0 Å². The first-order valence-electron chi connectivity index (χ1n) is 13.8. The van der Waals surface area contributed by atoms with Gasteiger partial charge in [0.2, 0.25) is 11.8 Å². The molecule has 2 heterocycles. The van der Waals surface area contributed by atoms with Crippen molar-refractivity contribution >= 4 is 28.9 Å². The van der Waals surface area contributed by atoms with E-state index in [-0.39, 0.29) is 46.2 Å². The number of thiophene rings is 1. The van der Waals surface area contributed by atoms with Gasteiger partial charge in [-0.1, -0.05) is 31.1 Å². The third-order valence-corrected chi connectivity index (χ3v) is 9.65. The van der Waals surface area contributed by atoms with Crippen molar-refractivity contribution in [3.05, 3.63) is 34.4 Å². The van der Waals surface area contributed by atoms with Crippen LogP contribution in [0.5, 0.6) is 5.88 Å². The highest BCUT2D eigenvalue weighted by Crippen LogP contribution is 2.57. The van der Waals surface area contributed by atoms with Crippen LogP contribution in [0.15, 0.2) is 24.7 Å². The Bertz CT molecular complexity index is 1300. The first kappa shape index (κ1) is 28.4. The lowest BCUT2D eigenvalue weighted by Crippen LogP contribution is -2.58. The number of amides is 1. The fraction of sp³-hybridized carbons (Fsp3) is 0.586. The molecule has 2 aromatic heterocycles. The summed E-state index contributed by atoms with van der Waals surface area (Å²) in [4.78, 5) is 35.6. The Morgan fingerprint density at radius 2 is 1.82 bits per heavy atom. The monoisotopic (exact) mass is 575 g/mol. The summed E-state index contributed by atoms with van der Waals surface area (Å²) in [5, 5.41) is 10.1. The molecule has 0 saturated heterocycles. The van der Waals surface area contributed by atoms with E-state index in [9.17, 15) is 27.9 Å². The minimum Gasteiger partial charge on any atom is -0.477 e. The Kier molecular flexibility index (Phi) is 7.83. The van der Waals surface area contributed by atoms with Crippen molar-refractivity contribution in [3.63, 3.8) is 0 Å². The minimum atomic E-state index is -4.43. The number of nitrogens with zero attached hydrogens (tertiary/aromatic N) is 3. The number of ether oxygens (including phenoxy) is 1. The molecule has 11 heteroatoms. The maximum atomic E-state index is 13.4. The van der Waals surface area contributed by atoms with Gasteiger partial charge in [-0.25, -0.2) is 14.8 Å². The molecule has 0 aromatic carbocycles. The molecule has 0 unspecified atom stereocenters. The Morgan fingerprint density at radius 1 is 1.12 bits per heavy atom. The Labute approximate surface area is 235 Å². The third kappa shape index (κ3) is 5.55. The number of carboxylic acids is 1. The van der Waals surface area contributed by atoms with Crippen LogP contribution in [-0.2, 0) is 4.79 Å². The first-order chi connectivity index (χ1) is 19.0. The number of anilines is 1. The highest BCUT2D eigenvalue weighted by molar-refractivity contribution is 7.15. The van der Waals surface area contributed by atoms with Crippen molar-refractivity contribution in [2.75, 3.05) is 4.90 Å². The summed E-state index contributed by atoms with van der Waals surface area (Å²) in [6.45, 7) is 1.44. The Balaban J connectivity index is 1.45. The Morgan fingerprint density at radius 3 is 2.38 bits per heavy atom. The standard InChI is InChI=1S/C29H32F3N3O4S/c1-19(36)35(23-17-22(40-25(23)26(37)38)9-13-27(14-15-27)29(30,31)32)28(11-3-2-4-12-28)20-5-7-21(8-6-20)39-24-10-16-33-18-34-24/h10,16-18,20-21H,2-8,11-12,14-15H2,1H3,(H,37,38). The van der Waals surface area contributed by atoms with Gasteiger partial charge in [0, 0.05) is 19.2 Å². The topological polar surface area (TPSA) is 92.6 Å².